The Bertz CT molecular complexity index is 440. The van der Waals surface area contributed by atoms with Crippen molar-refractivity contribution in [2.75, 3.05) is 13.2 Å². The maximum Gasteiger partial charge on any atom is 0.0794 e. The lowest BCUT2D eigenvalue weighted by Gasteiger charge is -2.33. The van der Waals surface area contributed by atoms with Crippen LogP contribution in [0.3, 0.4) is 0 Å². The summed E-state index contributed by atoms with van der Waals surface area (Å²) in [6, 6.07) is 0. The summed E-state index contributed by atoms with van der Waals surface area (Å²) in [5, 5.41) is 2.10. The molecule has 0 radical (unpaired) electrons. The first kappa shape index (κ1) is 25.6. The Morgan fingerprint density at radius 1 is 1.00 bits per heavy atom. The maximum atomic E-state index is 5.29. The standard InChI is InChI=1S/C9H18O.C7H11NS.C7H16/c1-9(2,3)8-4-6-10-7-5-8;1-7(2,3)6-4-9-5-8-6;1-5-6-7(2,3)4/h8H,4-7H2,1-3H3;4-5H,1-3H3;5-6H2,1-4H3. The molecule has 2 rings (SSSR count). The topological polar surface area (TPSA) is 22.1 Å². The summed E-state index contributed by atoms with van der Waals surface area (Å²) in [6.45, 7) is 24.5. The zero-order chi connectivity index (χ0) is 20.4. The monoisotopic (exact) mass is 383 g/mol. The number of hydrogen-bond donors (Lipinski definition) is 0. The van der Waals surface area contributed by atoms with Crippen LogP contribution in [0.4, 0.5) is 0 Å². The van der Waals surface area contributed by atoms with E-state index < -0.39 is 0 Å². The van der Waals surface area contributed by atoms with Crippen molar-refractivity contribution in [3.63, 3.8) is 0 Å². The van der Waals surface area contributed by atoms with E-state index in [-0.39, 0.29) is 5.41 Å². The molecule has 0 saturated carbocycles. The summed E-state index contributed by atoms with van der Waals surface area (Å²) < 4.78 is 5.29. The van der Waals surface area contributed by atoms with Crippen molar-refractivity contribution in [2.45, 2.75) is 100 Å². The molecule has 0 unspecified atom stereocenters. The third kappa shape index (κ3) is 12.9. The SMILES string of the molecule is CC(C)(C)C1CCOCC1.CC(C)(C)c1cscn1.CCCC(C)(C)C. The molecule has 2 heterocycles. The normalized spacial score (nSPS) is 16.2. The van der Waals surface area contributed by atoms with Crippen molar-refractivity contribution in [1.82, 2.24) is 4.98 Å². The van der Waals surface area contributed by atoms with Crippen LogP contribution in [0.1, 0.15) is 101 Å². The molecule has 0 aliphatic carbocycles. The quantitative estimate of drug-likeness (QED) is 0.495. The Morgan fingerprint density at radius 2 is 1.54 bits per heavy atom. The molecule has 0 spiro atoms. The van der Waals surface area contributed by atoms with Gasteiger partial charge in [-0.3, -0.25) is 0 Å². The minimum absolute atomic E-state index is 0.222. The first-order valence-corrected chi connectivity index (χ1v) is 11.2. The van der Waals surface area contributed by atoms with Gasteiger partial charge in [-0.15, -0.1) is 11.3 Å². The first-order chi connectivity index (χ1) is 11.8. The molecular weight excluding hydrogens is 338 g/mol. The van der Waals surface area contributed by atoms with Gasteiger partial charge in [0.15, 0.2) is 0 Å². The van der Waals surface area contributed by atoms with Crippen LogP contribution in [-0.2, 0) is 10.2 Å². The molecule has 3 heteroatoms. The van der Waals surface area contributed by atoms with Gasteiger partial charge in [0, 0.05) is 24.0 Å². The molecule has 0 atom stereocenters. The van der Waals surface area contributed by atoms with E-state index in [9.17, 15) is 0 Å². The molecule has 2 nitrogen and oxygen atoms in total. The van der Waals surface area contributed by atoms with Gasteiger partial charge in [0.25, 0.3) is 0 Å². The van der Waals surface area contributed by atoms with Crippen LogP contribution in [0, 0.1) is 16.7 Å². The van der Waals surface area contributed by atoms with E-state index in [1.807, 2.05) is 5.51 Å². The van der Waals surface area contributed by atoms with Gasteiger partial charge in [0.05, 0.1) is 11.2 Å². The fourth-order valence-electron chi connectivity index (χ4n) is 2.90. The van der Waals surface area contributed by atoms with E-state index in [0.717, 1.165) is 19.1 Å². The van der Waals surface area contributed by atoms with E-state index in [0.29, 0.717) is 10.8 Å². The second-order valence-electron chi connectivity index (χ2n) is 10.7. The summed E-state index contributed by atoms with van der Waals surface area (Å²) >= 11 is 1.66. The second-order valence-corrected chi connectivity index (χ2v) is 11.4. The van der Waals surface area contributed by atoms with Gasteiger partial charge in [0.2, 0.25) is 0 Å². The van der Waals surface area contributed by atoms with Crippen LogP contribution < -0.4 is 0 Å². The Hall–Kier alpha value is -0.410. The lowest BCUT2D eigenvalue weighted by molar-refractivity contribution is 0.0286. The van der Waals surface area contributed by atoms with Crippen molar-refractivity contribution >= 4 is 11.3 Å². The summed E-state index contributed by atoms with van der Waals surface area (Å²) in [6.07, 6.45) is 5.16. The largest absolute Gasteiger partial charge is 0.381 e. The number of ether oxygens (including phenoxy) is 1. The molecule has 1 aromatic heterocycles. The summed E-state index contributed by atoms with van der Waals surface area (Å²) in [7, 11) is 0. The highest BCUT2D eigenvalue weighted by atomic mass is 32.1. The van der Waals surface area contributed by atoms with Gasteiger partial charge in [-0.05, 0) is 36.0 Å². The number of nitrogens with zero attached hydrogens (tertiary/aromatic N) is 1. The van der Waals surface area contributed by atoms with Crippen LogP contribution >= 0.6 is 11.3 Å². The van der Waals surface area contributed by atoms with Gasteiger partial charge in [0.1, 0.15) is 0 Å². The van der Waals surface area contributed by atoms with Gasteiger partial charge >= 0.3 is 0 Å². The highest BCUT2D eigenvalue weighted by Gasteiger charge is 2.25. The number of thiazole rings is 1. The third-order valence-electron chi connectivity index (χ3n) is 4.65. The summed E-state index contributed by atoms with van der Waals surface area (Å²) in [5.41, 5.74) is 4.33. The van der Waals surface area contributed by atoms with Gasteiger partial charge in [-0.25, -0.2) is 4.98 Å². The molecule has 1 saturated heterocycles. The number of rotatable bonds is 1. The molecule has 0 amide bonds. The van der Waals surface area contributed by atoms with Crippen LogP contribution in [0.2, 0.25) is 0 Å². The number of aromatic nitrogens is 1. The minimum atomic E-state index is 0.222. The van der Waals surface area contributed by atoms with Crippen molar-refractivity contribution < 1.29 is 4.74 Å². The Morgan fingerprint density at radius 3 is 1.73 bits per heavy atom. The van der Waals surface area contributed by atoms with Crippen LogP contribution in [-0.4, -0.2) is 18.2 Å². The molecule has 0 bridgehead atoms. The van der Waals surface area contributed by atoms with Gasteiger partial charge in [-0.2, -0.15) is 0 Å². The van der Waals surface area contributed by atoms with E-state index in [1.54, 1.807) is 11.3 Å². The highest BCUT2D eigenvalue weighted by molar-refractivity contribution is 7.07. The highest BCUT2D eigenvalue weighted by Crippen LogP contribution is 2.33. The predicted molar refractivity (Wildman–Crippen MR) is 118 cm³/mol. The molecule has 0 N–H and O–H groups in total. The molecule has 154 valence electrons. The number of hydrogen-bond acceptors (Lipinski definition) is 3. The fourth-order valence-corrected chi connectivity index (χ4v) is 3.68. The van der Waals surface area contributed by atoms with E-state index in [2.05, 4.69) is 79.6 Å². The Kier molecular flexibility index (Phi) is 11.3. The zero-order valence-corrected chi connectivity index (χ0v) is 20.1. The Labute approximate surface area is 168 Å². The fraction of sp³-hybridized carbons (Fsp3) is 0.870. The second kappa shape index (κ2) is 11.4. The third-order valence-corrected chi connectivity index (χ3v) is 5.23. The predicted octanol–water partition coefficient (Wildman–Crippen LogP) is 7.73. The molecule has 1 aromatic rings. The zero-order valence-electron chi connectivity index (χ0n) is 19.2. The lowest BCUT2D eigenvalue weighted by Crippen LogP contribution is -2.27. The summed E-state index contributed by atoms with van der Waals surface area (Å²) in [4.78, 5) is 4.21. The average Bonchev–Trinajstić information content (AvgIpc) is 3.02. The van der Waals surface area contributed by atoms with Crippen molar-refractivity contribution in [2.24, 2.45) is 16.7 Å². The van der Waals surface area contributed by atoms with Crippen molar-refractivity contribution in [1.29, 1.82) is 0 Å². The van der Waals surface area contributed by atoms with Crippen molar-refractivity contribution in [3.8, 4) is 0 Å². The minimum Gasteiger partial charge on any atom is -0.381 e. The lowest BCUT2D eigenvalue weighted by atomic mass is 9.76. The van der Waals surface area contributed by atoms with Crippen LogP contribution in [0.5, 0.6) is 0 Å². The average molecular weight is 384 g/mol. The van der Waals surface area contributed by atoms with E-state index >= 15 is 0 Å². The molecule has 1 aliphatic rings. The molecule has 0 aromatic carbocycles. The van der Waals surface area contributed by atoms with Crippen LogP contribution in [0.15, 0.2) is 10.9 Å². The maximum absolute atomic E-state index is 5.29. The van der Waals surface area contributed by atoms with E-state index in [4.69, 9.17) is 4.74 Å². The molecule has 1 fully saturated rings. The molecule has 1 aliphatic heterocycles. The van der Waals surface area contributed by atoms with Gasteiger partial charge < -0.3 is 4.74 Å². The first-order valence-electron chi connectivity index (χ1n) is 10.2. The summed E-state index contributed by atoms with van der Waals surface area (Å²) in [5.74, 6) is 0.876. The van der Waals surface area contributed by atoms with Crippen molar-refractivity contribution in [3.05, 3.63) is 16.6 Å². The van der Waals surface area contributed by atoms with Gasteiger partial charge in [-0.1, -0.05) is 75.7 Å². The smallest absolute Gasteiger partial charge is 0.0794 e. The molecular formula is C23H45NOS. The molecule has 26 heavy (non-hydrogen) atoms. The van der Waals surface area contributed by atoms with Crippen LogP contribution in [0.25, 0.3) is 0 Å². The Balaban J connectivity index is 0.000000368. The van der Waals surface area contributed by atoms with E-state index in [1.165, 1.54) is 31.4 Å².